The largest absolute Gasteiger partial charge is 0.497 e. The molecule has 1 heterocycles. The van der Waals surface area contributed by atoms with E-state index in [1.165, 1.54) is 7.11 Å². The summed E-state index contributed by atoms with van der Waals surface area (Å²) in [4.78, 5) is 35.9. The molecule has 0 fully saturated rings. The minimum absolute atomic E-state index is 0.0279. The number of ketones is 1. The zero-order chi connectivity index (χ0) is 27.6. The molecular weight excluding hydrogens is 494 g/mol. The van der Waals surface area contributed by atoms with Gasteiger partial charge in [-0.2, -0.15) is 0 Å². The van der Waals surface area contributed by atoms with Gasteiger partial charge in [0.15, 0.2) is 5.78 Å². The van der Waals surface area contributed by atoms with Crippen LogP contribution in [0.3, 0.4) is 0 Å². The van der Waals surface area contributed by atoms with Crippen LogP contribution in [0.4, 0.5) is 5.95 Å². The van der Waals surface area contributed by atoms with Crippen LogP contribution in [0, 0.1) is 0 Å². The number of benzene rings is 3. The molecule has 200 valence electrons. The molecule has 0 saturated heterocycles. The number of anilines is 1. The molecule has 8 heteroatoms. The first-order valence-electron chi connectivity index (χ1n) is 12.5. The number of nitrogens with zero attached hydrogens (tertiary/aromatic N) is 3. The highest BCUT2D eigenvalue weighted by Gasteiger charge is 2.14. The molecule has 0 unspecified atom stereocenters. The molecule has 0 bridgehead atoms. The number of hydrogen-bond donors (Lipinski definition) is 0. The molecule has 0 amide bonds. The number of rotatable bonds is 12. The molecule has 0 spiro atoms. The van der Waals surface area contributed by atoms with Gasteiger partial charge in [0.25, 0.3) is 0 Å². The lowest BCUT2D eigenvalue weighted by molar-refractivity contribution is 0.0600. The number of aromatic nitrogens is 2. The van der Waals surface area contributed by atoms with E-state index in [2.05, 4.69) is 9.88 Å². The Bertz CT molecular complexity index is 1340. The van der Waals surface area contributed by atoms with E-state index in [0.29, 0.717) is 36.6 Å². The summed E-state index contributed by atoms with van der Waals surface area (Å²) in [5.41, 5.74) is 3.89. The summed E-state index contributed by atoms with van der Waals surface area (Å²) in [6.45, 7) is 1.18. The van der Waals surface area contributed by atoms with Gasteiger partial charge in [-0.25, -0.2) is 14.8 Å². The van der Waals surface area contributed by atoms with Gasteiger partial charge in [0.2, 0.25) is 5.95 Å². The summed E-state index contributed by atoms with van der Waals surface area (Å²) in [6.07, 6.45) is 2.47. The predicted octanol–water partition coefficient (Wildman–Crippen LogP) is 5.30. The minimum Gasteiger partial charge on any atom is -0.497 e. The van der Waals surface area contributed by atoms with Crippen molar-refractivity contribution in [2.24, 2.45) is 0 Å². The number of Topliss-reactive ketones (excluding diaryl/α,β-unsaturated/α-hetero) is 1. The third-order valence-corrected chi connectivity index (χ3v) is 6.28. The van der Waals surface area contributed by atoms with Crippen molar-refractivity contribution < 1.29 is 23.8 Å². The molecule has 0 radical (unpaired) electrons. The Balaban J connectivity index is 1.49. The number of carbonyl (C=O) groups is 2. The third-order valence-electron chi connectivity index (χ3n) is 6.28. The average Bonchev–Trinajstić information content (AvgIpc) is 3.00. The van der Waals surface area contributed by atoms with Gasteiger partial charge in [-0.1, -0.05) is 36.4 Å². The van der Waals surface area contributed by atoms with E-state index >= 15 is 0 Å². The van der Waals surface area contributed by atoms with Gasteiger partial charge in [-0.05, 0) is 60.0 Å². The molecule has 0 saturated carbocycles. The van der Waals surface area contributed by atoms with Crippen LogP contribution in [0.1, 0.15) is 44.0 Å². The van der Waals surface area contributed by atoms with Crippen LogP contribution >= 0.6 is 0 Å². The maximum Gasteiger partial charge on any atom is 0.337 e. The Hall–Kier alpha value is -4.72. The monoisotopic (exact) mass is 525 g/mol. The predicted molar refractivity (Wildman–Crippen MR) is 148 cm³/mol. The molecule has 0 atom stereocenters. The van der Waals surface area contributed by atoms with Gasteiger partial charge >= 0.3 is 5.97 Å². The SMILES string of the molecule is COC(=O)c1ccc(C(=O)CCc2ccnc(N(Cc3ccc(OC)cc3)Cc3ccc(OC)cc3)n2)cc1. The van der Waals surface area contributed by atoms with Crippen molar-refractivity contribution in [3.8, 4) is 11.5 Å². The number of hydrogen-bond acceptors (Lipinski definition) is 8. The van der Waals surface area contributed by atoms with Crippen molar-refractivity contribution >= 4 is 17.7 Å². The van der Waals surface area contributed by atoms with E-state index in [4.69, 9.17) is 19.2 Å². The first kappa shape index (κ1) is 27.3. The summed E-state index contributed by atoms with van der Waals surface area (Å²) in [7, 11) is 4.62. The molecule has 4 rings (SSSR count). The summed E-state index contributed by atoms with van der Waals surface area (Å²) in [5.74, 6) is 1.71. The standard InChI is InChI=1S/C31H31N3O5/c1-37-27-13-4-22(5-14-27)20-34(21-23-6-15-28(38-2)16-7-23)31-32-19-18-26(33-31)12-17-29(35)24-8-10-25(11-9-24)30(36)39-3/h4-11,13-16,18-19H,12,17,20-21H2,1-3H3. The zero-order valence-corrected chi connectivity index (χ0v) is 22.3. The van der Waals surface area contributed by atoms with Crippen molar-refractivity contribution in [2.45, 2.75) is 25.9 Å². The molecule has 4 aromatic rings. The van der Waals surface area contributed by atoms with E-state index in [1.54, 1.807) is 44.7 Å². The topological polar surface area (TPSA) is 90.9 Å². The lowest BCUT2D eigenvalue weighted by Crippen LogP contribution is -2.24. The van der Waals surface area contributed by atoms with Crippen LogP contribution in [0.5, 0.6) is 11.5 Å². The van der Waals surface area contributed by atoms with Crippen molar-refractivity contribution in [3.05, 3.63) is 113 Å². The van der Waals surface area contributed by atoms with Gasteiger partial charge in [0.05, 0.1) is 26.9 Å². The second-order valence-corrected chi connectivity index (χ2v) is 8.89. The molecular formula is C31H31N3O5. The van der Waals surface area contributed by atoms with Crippen LogP contribution < -0.4 is 14.4 Å². The van der Waals surface area contributed by atoms with Gasteiger partial charge in [-0.3, -0.25) is 4.79 Å². The van der Waals surface area contributed by atoms with E-state index in [9.17, 15) is 9.59 Å². The van der Waals surface area contributed by atoms with Crippen molar-refractivity contribution in [1.29, 1.82) is 0 Å². The molecule has 0 aliphatic rings. The number of ether oxygens (including phenoxy) is 3. The minimum atomic E-state index is -0.434. The average molecular weight is 526 g/mol. The fraction of sp³-hybridized carbons (Fsp3) is 0.226. The van der Waals surface area contributed by atoms with Gasteiger partial charge in [-0.15, -0.1) is 0 Å². The van der Waals surface area contributed by atoms with Crippen LogP contribution in [0.15, 0.2) is 85.1 Å². The Labute approximate surface area is 228 Å². The van der Waals surface area contributed by atoms with Crippen molar-refractivity contribution in [2.75, 3.05) is 26.2 Å². The molecule has 1 aromatic heterocycles. The summed E-state index contributed by atoms with van der Waals surface area (Å²) in [5, 5.41) is 0. The molecule has 3 aromatic carbocycles. The molecule has 8 nitrogen and oxygen atoms in total. The second kappa shape index (κ2) is 13.2. The molecule has 0 aliphatic heterocycles. The fourth-order valence-corrected chi connectivity index (χ4v) is 4.07. The van der Waals surface area contributed by atoms with E-state index in [1.807, 2.05) is 54.6 Å². The summed E-state index contributed by atoms with van der Waals surface area (Å²) < 4.78 is 15.3. The van der Waals surface area contributed by atoms with Crippen LogP contribution in [-0.2, 0) is 24.2 Å². The maximum absolute atomic E-state index is 12.8. The third kappa shape index (κ3) is 7.41. The second-order valence-electron chi connectivity index (χ2n) is 8.89. The van der Waals surface area contributed by atoms with Crippen LogP contribution in [-0.4, -0.2) is 43.0 Å². The fourth-order valence-electron chi connectivity index (χ4n) is 4.07. The highest BCUT2D eigenvalue weighted by molar-refractivity contribution is 5.97. The molecule has 0 aliphatic carbocycles. The van der Waals surface area contributed by atoms with Crippen LogP contribution in [0.2, 0.25) is 0 Å². The van der Waals surface area contributed by atoms with Gasteiger partial charge in [0, 0.05) is 37.0 Å². The molecule has 39 heavy (non-hydrogen) atoms. The Morgan fingerprint density at radius 3 is 1.77 bits per heavy atom. The maximum atomic E-state index is 12.8. The Kier molecular flexibility index (Phi) is 9.24. The van der Waals surface area contributed by atoms with Crippen LogP contribution in [0.25, 0.3) is 0 Å². The highest BCUT2D eigenvalue weighted by atomic mass is 16.5. The summed E-state index contributed by atoms with van der Waals surface area (Å²) >= 11 is 0. The smallest absolute Gasteiger partial charge is 0.337 e. The van der Waals surface area contributed by atoms with E-state index in [0.717, 1.165) is 28.3 Å². The number of carbonyl (C=O) groups excluding carboxylic acids is 2. The van der Waals surface area contributed by atoms with E-state index < -0.39 is 5.97 Å². The lowest BCUT2D eigenvalue weighted by atomic mass is 10.0. The van der Waals surface area contributed by atoms with Crippen molar-refractivity contribution in [1.82, 2.24) is 9.97 Å². The zero-order valence-electron chi connectivity index (χ0n) is 22.3. The quantitative estimate of drug-likeness (QED) is 0.182. The number of methoxy groups -OCH3 is 3. The first-order valence-corrected chi connectivity index (χ1v) is 12.5. The van der Waals surface area contributed by atoms with E-state index in [-0.39, 0.29) is 12.2 Å². The normalized spacial score (nSPS) is 10.5. The lowest BCUT2D eigenvalue weighted by Gasteiger charge is -2.23. The first-order chi connectivity index (χ1) is 19.0. The Morgan fingerprint density at radius 2 is 1.26 bits per heavy atom. The van der Waals surface area contributed by atoms with Crippen molar-refractivity contribution in [3.63, 3.8) is 0 Å². The number of aryl methyl sites for hydroxylation is 1. The number of esters is 1. The van der Waals surface area contributed by atoms with Gasteiger partial charge in [0.1, 0.15) is 11.5 Å². The highest BCUT2D eigenvalue weighted by Crippen LogP contribution is 2.21. The molecule has 0 N–H and O–H groups in total. The Morgan fingerprint density at radius 1 is 0.718 bits per heavy atom. The summed E-state index contributed by atoms with van der Waals surface area (Å²) in [6, 6.07) is 24.1. The van der Waals surface area contributed by atoms with Gasteiger partial charge < -0.3 is 19.1 Å².